The Bertz CT molecular complexity index is 215. The quantitative estimate of drug-likeness (QED) is 0.460. The molecule has 0 spiro atoms. The van der Waals surface area contributed by atoms with Gasteiger partial charge in [-0.15, -0.1) is 0 Å². The Kier molecular flexibility index (Phi) is 2.43. The fourth-order valence-corrected chi connectivity index (χ4v) is 0.794. The Hall–Kier alpha value is -0.377. The summed E-state index contributed by atoms with van der Waals surface area (Å²) in [5, 5.41) is 17.2. The van der Waals surface area contributed by atoms with Crippen LogP contribution in [0.4, 0.5) is 0 Å². The zero-order chi connectivity index (χ0) is 7.56. The molecule has 0 aliphatic heterocycles. The summed E-state index contributed by atoms with van der Waals surface area (Å²) in [4.78, 5) is 7.59. The number of hydrogen-bond donors (Lipinski definition) is 2. The molecule has 2 N–H and O–H groups in total. The van der Waals surface area contributed by atoms with E-state index < -0.39 is 7.12 Å². The Balaban J connectivity index is 2.89. The second kappa shape index (κ2) is 3.15. The number of nitrogens with zero attached hydrogens (tertiary/aromatic N) is 2. The first-order chi connectivity index (χ1) is 4.70. The summed E-state index contributed by atoms with van der Waals surface area (Å²) in [5.74, 6) is 0. The van der Waals surface area contributed by atoms with Crippen LogP contribution in [0.25, 0.3) is 0 Å². The maximum atomic E-state index is 8.60. The van der Waals surface area contributed by atoms with E-state index in [1.807, 2.05) is 0 Å². The molecule has 1 atom stereocenters. The van der Waals surface area contributed by atoms with E-state index in [0.29, 0.717) is 10.1 Å². The monoisotopic (exact) mass is 200 g/mol. The molecule has 0 saturated heterocycles. The van der Waals surface area contributed by atoms with Gasteiger partial charge in [0, 0.05) is 0 Å². The van der Waals surface area contributed by atoms with Gasteiger partial charge in [0.05, 0.1) is 0 Å². The van der Waals surface area contributed by atoms with E-state index in [1.165, 1.54) is 29.2 Å². The Morgan fingerprint density at radius 3 is 2.20 bits per heavy atom. The summed E-state index contributed by atoms with van der Waals surface area (Å²) in [6.07, 6.45) is 2.80. The van der Waals surface area contributed by atoms with Gasteiger partial charge in [0.2, 0.25) is 0 Å². The molecule has 0 aliphatic carbocycles. The molecule has 1 rings (SSSR count). The summed E-state index contributed by atoms with van der Waals surface area (Å²) in [5.41, 5.74) is 0.321. The van der Waals surface area contributed by atoms with Crippen LogP contribution < -0.4 is 10.1 Å². The van der Waals surface area contributed by atoms with E-state index in [4.69, 9.17) is 10.0 Å². The third-order valence-electron chi connectivity index (χ3n) is 0.990. The van der Waals surface area contributed by atoms with E-state index in [0.717, 1.165) is 0 Å². The fraction of sp³-hybridized carbons (Fsp3) is 0. The second-order valence-electron chi connectivity index (χ2n) is 1.75. The van der Waals surface area contributed by atoms with Crippen LogP contribution in [0.3, 0.4) is 0 Å². The van der Waals surface area contributed by atoms with Crippen molar-refractivity contribution in [3.05, 3.63) is 12.4 Å². The molecule has 0 aliphatic rings. The summed E-state index contributed by atoms with van der Waals surface area (Å²) >= 11 is 1.30. The molecule has 1 aromatic rings. The van der Waals surface area contributed by atoms with Gasteiger partial charge in [0.25, 0.3) is 0 Å². The fourth-order valence-electron chi connectivity index (χ4n) is 0.481. The molecule has 4 nitrogen and oxygen atoms in total. The Morgan fingerprint density at radius 1 is 1.30 bits per heavy atom. The summed E-state index contributed by atoms with van der Waals surface area (Å²) in [6, 6.07) is 0. The third kappa shape index (κ3) is 1.80. The van der Waals surface area contributed by atoms with E-state index in [1.54, 1.807) is 0 Å². The van der Waals surface area contributed by atoms with E-state index in [-0.39, 0.29) is 0 Å². The molecule has 0 amide bonds. The van der Waals surface area contributed by atoms with E-state index in [2.05, 4.69) is 9.97 Å². The molecule has 10 heavy (non-hydrogen) atoms. The van der Waals surface area contributed by atoms with Gasteiger partial charge in [-0.3, -0.25) is 0 Å². The number of hydrogen-bond acceptors (Lipinski definition) is 4. The van der Waals surface area contributed by atoms with Crippen LogP contribution in [-0.4, -0.2) is 44.0 Å². The van der Waals surface area contributed by atoms with Crippen molar-refractivity contribution in [3.8, 4) is 0 Å². The predicted molar refractivity (Wildman–Crippen MR) is 40.0 cm³/mol. The van der Waals surface area contributed by atoms with Gasteiger partial charge in [-0.05, 0) is 0 Å². The van der Waals surface area contributed by atoms with Crippen LogP contribution in [0.5, 0.6) is 0 Å². The van der Waals surface area contributed by atoms with Crippen LogP contribution in [0.1, 0.15) is 0 Å². The van der Waals surface area contributed by atoms with Gasteiger partial charge >= 0.3 is 66.5 Å². The van der Waals surface area contributed by atoms with E-state index in [9.17, 15) is 0 Å². The van der Waals surface area contributed by atoms with Gasteiger partial charge < -0.3 is 0 Å². The Labute approximate surface area is 67.0 Å². The molecule has 0 bridgehead atoms. The molecule has 6 heteroatoms. The van der Waals surface area contributed by atoms with Gasteiger partial charge in [0.15, 0.2) is 0 Å². The van der Waals surface area contributed by atoms with Crippen molar-refractivity contribution in [2.75, 3.05) is 0 Å². The Morgan fingerprint density at radius 2 is 1.80 bits per heavy atom. The number of rotatable bonds is 1. The molecule has 1 aromatic heterocycles. The van der Waals surface area contributed by atoms with Gasteiger partial charge in [0.1, 0.15) is 0 Å². The summed E-state index contributed by atoms with van der Waals surface area (Å²) in [6.45, 7) is 0. The number of aromatic nitrogens is 2. The molecular formula is C4H6AsBN2O2. The van der Waals surface area contributed by atoms with Crippen LogP contribution in [-0.2, 0) is 0 Å². The first-order valence-electron chi connectivity index (χ1n) is 2.63. The van der Waals surface area contributed by atoms with Crippen molar-refractivity contribution in [2.45, 2.75) is 0 Å². The molecule has 0 fully saturated rings. The van der Waals surface area contributed by atoms with Crippen molar-refractivity contribution in [2.24, 2.45) is 0 Å². The normalized spacial score (nSPS) is 9.50. The SMILES string of the molecule is OB(O)c1cnc([AsH2])nc1. The molecule has 0 aromatic carbocycles. The second-order valence-corrected chi connectivity index (χ2v) is 2.83. The van der Waals surface area contributed by atoms with Crippen molar-refractivity contribution in [3.63, 3.8) is 0 Å². The van der Waals surface area contributed by atoms with Crippen LogP contribution >= 0.6 is 0 Å². The zero-order valence-corrected chi connectivity index (χ0v) is 7.52. The van der Waals surface area contributed by atoms with Crippen LogP contribution in [0.2, 0.25) is 0 Å². The van der Waals surface area contributed by atoms with Crippen LogP contribution in [0, 0.1) is 0 Å². The third-order valence-corrected chi connectivity index (χ3v) is 1.62. The maximum absolute atomic E-state index is 8.60. The first kappa shape index (κ1) is 7.73. The van der Waals surface area contributed by atoms with Crippen molar-refractivity contribution in [1.82, 2.24) is 9.97 Å². The molecule has 1 unspecified atom stereocenters. The van der Waals surface area contributed by atoms with Crippen molar-refractivity contribution in [1.29, 1.82) is 0 Å². The standard InChI is InChI=1S/C4H6AsBN2O2/c5-4-7-1-3(2-8-4)6(9)10/h1-2,9-10H,5H2. The average molecular weight is 200 g/mol. The van der Waals surface area contributed by atoms with Crippen molar-refractivity contribution < 1.29 is 10.0 Å². The average Bonchev–Trinajstić information content (AvgIpc) is 1.88. The molecule has 0 saturated carbocycles. The van der Waals surface area contributed by atoms with Gasteiger partial charge in [-0.1, -0.05) is 0 Å². The molecule has 0 radical (unpaired) electrons. The minimum absolute atomic E-state index is 0.321. The minimum atomic E-state index is -1.46. The van der Waals surface area contributed by atoms with Gasteiger partial charge in [-0.25, -0.2) is 0 Å². The summed E-state index contributed by atoms with van der Waals surface area (Å²) < 4.78 is 0.678. The van der Waals surface area contributed by atoms with Gasteiger partial charge in [-0.2, -0.15) is 0 Å². The zero-order valence-electron chi connectivity index (χ0n) is 5.10. The molecule has 52 valence electrons. The topological polar surface area (TPSA) is 66.2 Å². The predicted octanol–water partition coefficient (Wildman–Crippen LogP) is -3.59. The first-order valence-corrected chi connectivity index (χ1v) is 3.85. The van der Waals surface area contributed by atoms with Crippen LogP contribution in [0.15, 0.2) is 12.4 Å². The molecule has 1 heterocycles. The van der Waals surface area contributed by atoms with E-state index >= 15 is 0 Å². The summed E-state index contributed by atoms with van der Waals surface area (Å²) in [7, 11) is -1.46. The van der Waals surface area contributed by atoms with Crippen molar-refractivity contribution >= 4 is 34.0 Å². The molecular weight excluding hydrogens is 194 g/mol.